The molecule has 2 aromatic carbocycles. The highest BCUT2D eigenvalue weighted by molar-refractivity contribution is 5.96. The van der Waals surface area contributed by atoms with Crippen LogP contribution in [0.2, 0.25) is 0 Å². The van der Waals surface area contributed by atoms with Gasteiger partial charge in [-0.15, -0.1) is 0 Å². The third-order valence-electron chi connectivity index (χ3n) is 4.60. The number of hydrogen-bond donors (Lipinski definition) is 0. The zero-order valence-corrected chi connectivity index (χ0v) is 14.4. The van der Waals surface area contributed by atoms with Crippen molar-refractivity contribution in [1.82, 2.24) is 0 Å². The second-order valence-electron chi connectivity index (χ2n) is 6.15. The maximum Gasteiger partial charge on any atom is 0.231 e. The molecular formula is C20H23NO3. The Morgan fingerprint density at radius 2 is 1.88 bits per heavy atom. The summed E-state index contributed by atoms with van der Waals surface area (Å²) in [6, 6.07) is 14.0. The summed E-state index contributed by atoms with van der Waals surface area (Å²) in [5.74, 6) is 1.43. The average molecular weight is 325 g/mol. The van der Waals surface area contributed by atoms with Gasteiger partial charge < -0.3 is 14.4 Å². The molecule has 0 N–H and O–H groups in total. The molecule has 1 atom stereocenters. The van der Waals surface area contributed by atoms with Gasteiger partial charge in [0.05, 0.1) is 20.6 Å². The number of ether oxygens (including phenoxy) is 2. The number of anilines is 1. The summed E-state index contributed by atoms with van der Waals surface area (Å²) < 4.78 is 10.6. The maximum atomic E-state index is 12.9. The van der Waals surface area contributed by atoms with E-state index in [9.17, 15) is 4.79 Å². The van der Waals surface area contributed by atoms with Crippen molar-refractivity contribution in [3.8, 4) is 11.5 Å². The number of aryl methyl sites for hydroxylation is 1. The molecule has 2 aromatic rings. The van der Waals surface area contributed by atoms with Crippen LogP contribution in [0.5, 0.6) is 11.5 Å². The fourth-order valence-corrected chi connectivity index (χ4v) is 3.32. The Morgan fingerprint density at radius 3 is 2.62 bits per heavy atom. The van der Waals surface area contributed by atoms with E-state index in [0.29, 0.717) is 17.9 Å². The summed E-state index contributed by atoms with van der Waals surface area (Å²) in [5, 5.41) is 0. The van der Waals surface area contributed by atoms with E-state index in [1.807, 2.05) is 41.3 Å². The van der Waals surface area contributed by atoms with Crippen LogP contribution in [0.25, 0.3) is 0 Å². The maximum absolute atomic E-state index is 12.9. The highest BCUT2D eigenvalue weighted by atomic mass is 16.5. The Bertz CT molecular complexity index is 741. The van der Waals surface area contributed by atoms with Gasteiger partial charge in [-0.05, 0) is 49.1 Å². The normalized spacial score (nSPS) is 16.5. The first kappa shape index (κ1) is 16.4. The number of carbonyl (C=O) groups excluding carboxylic acids is 1. The number of amides is 1. The molecule has 126 valence electrons. The molecule has 0 fully saturated rings. The lowest BCUT2D eigenvalue weighted by molar-refractivity contribution is -0.118. The summed E-state index contributed by atoms with van der Waals surface area (Å²) in [4.78, 5) is 14.9. The monoisotopic (exact) mass is 325 g/mol. The highest BCUT2D eigenvalue weighted by Crippen LogP contribution is 2.32. The number of nitrogens with zero attached hydrogens (tertiary/aromatic N) is 1. The fraction of sp³-hybridized carbons (Fsp3) is 0.350. The van der Waals surface area contributed by atoms with Gasteiger partial charge in [0, 0.05) is 11.7 Å². The van der Waals surface area contributed by atoms with Crippen LogP contribution in [-0.4, -0.2) is 26.2 Å². The number of rotatable bonds is 4. The smallest absolute Gasteiger partial charge is 0.231 e. The predicted molar refractivity (Wildman–Crippen MR) is 95.0 cm³/mol. The largest absolute Gasteiger partial charge is 0.493 e. The molecule has 1 heterocycles. The van der Waals surface area contributed by atoms with E-state index in [4.69, 9.17) is 9.47 Å². The van der Waals surface area contributed by atoms with Crippen molar-refractivity contribution in [1.29, 1.82) is 0 Å². The Kier molecular flexibility index (Phi) is 4.74. The van der Waals surface area contributed by atoms with Crippen LogP contribution in [0.1, 0.15) is 24.5 Å². The van der Waals surface area contributed by atoms with Crippen molar-refractivity contribution < 1.29 is 14.3 Å². The molecule has 0 radical (unpaired) electrons. The predicted octanol–water partition coefficient (Wildman–Crippen LogP) is 3.61. The van der Waals surface area contributed by atoms with E-state index in [-0.39, 0.29) is 11.9 Å². The number of benzene rings is 2. The molecule has 0 aliphatic carbocycles. The molecule has 1 aliphatic heterocycles. The van der Waals surface area contributed by atoms with E-state index in [0.717, 1.165) is 24.1 Å². The molecule has 0 bridgehead atoms. The summed E-state index contributed by atoms with van der Waals surface area (Å²) in [7, 11) is 3.21. The van der Waals surface area contributed by atoms with E-state index >= 15 is 0 Å². The van der Waals surface area contributed by atoms with Crippen LogP contribution < -0.4 is 14.4 Å². The summed E-state index contributed by atoms with van der Waals surface area (Å²) >= 11 is 0. The van der Waals surface area contributed by atoms with Gasteiger partial charge in [-0.3, -0.25) is 4.79 Å². The zero-order chi connectivity index (χ0) is 17.1. The average Bonchev–Trinajstić information content (AvgIpc) is 2.61. The van der Waals surface area contributed by atoms with E-state index < -0.39 is 0 Å². The summed E-state index contributed by atoms with van der Waals surface area (Å²) in [5.41, 5.74) is 3.21. The molecule has 4 nitrogen and oxygen atoms in total. The van der Waals surface area contributed by atoms with Gasteiger partial charge in [0.15, 0.2) is 11.5 Å². The van der Waals surface area contributed by atoms with Crippen molar-refractivity contribution in [3.05, 3.63) is 53.6 Å². The minimum Gasteiger partial charge on any atom is -0.493 e. The van der Waals surface area contributed by atoms with Crippen molar-refractivity contribution in [2.45, 2.75) is 32.2 Å². The number of para-hydroxylation sites is 1. The van der Waals surface area contributed by atoms with Crippen molar-refractivity contribution in [2.75, 3.05) is 19.1 Å². The molecule has 0 saturated carbocycles. The zero-order valence-electron chi connectivity index (χ0n) is 14.4. The molecular weight excluding hydrogens is 302 g/mol. The first-order valence-electron chi connectivity index (χ1n) is 8.25. The number of hydrogen-bond acceptors (Lipinski definition) is 3. The third-order valence-corrected chi connectivity index (χ3v) is 4.60. The van der Waals surface area contributed by atoms with Crippen LogP contribution in [0.3, 0.4) is 0 Å². The molecule has 3 rings (SSSR count). The number of fused-ring (bicyclic) bond motifs is 1. The molecule has 4 heteroatoms. The summed E-state index contributed by atoms with van der Waals surface area (Å²) in [6.45, 7) is 2.11. The van der Waals surface area contributed by atoms with E-state index in [1.165, 1.54) is 5.56 Å². The second kappa shape index (κ2) is 6.95. The van der Waals surface area contributed by atoms with Crippen LogP contribution in [-0.2, 0) is 17.6 Å². The van der Waals surface area contributed by atoms with Crippen LogP contribution in [0, 0.1) is 0 Å². The van der Waals surface area contributed by atoms with Gasteiger partial charge in [0.2, 0.25) is 5.91 Å². The molecule has 1 aliphatic rings. The lowest BCUT2D eigenvalue weighted by atomic mass is 9.96. The molecule has 0 spiro atoms. The SMILES string of the molecule is COc1ccc(CC(=O)N2c3ccccc3CCC2C)cc1OC. The molecule has 0 aromatic heterocycles. The first-order valence-corrected chi connectivity index (χ1v) is 8.25. The van der Waals surface area contributed by atoms with E-state index in [1.54, 1.807) is 14.2 Å². The fourth-order valence-electron chi connectivity index (χ4n) is 3.32. The van der Waals surface area contributed by atoms with Crippen LogP contribution in [0.4, 0.5) is 5.69 Å². The topological polar surface area (TPSA) is 38.8 Å². The first-order chi connectivity index (χ1) is 11.6. The minimum atomic E-state index is 0.113. The van der Waals surface area contributed by atoms with Crippen molar-refractivity contribution in [2.24, 2.45) is 0 Å². The van der Waals surface area contributed by atoms with E-state index in [2.05, 4.69) is 13.0 Å². The highest BCUT2D eigenvalue weighted by Gasteiger charge is 2.27. The Labute approximate surface area is 143 Å². The van der Waals surface area contributed by atoms with Gasteiger partial charge in [-0.25, -0.2) is 0 Å². The quantitative estimate of drug-likeness (QED) is 0.862. The second-order valence-corrected chi connectivity index (χ2v) is 6.15. The Hall–Kier alpha value is -2.49. The van der Waals surface area contributed by atoms with Crippen molar-refractivity contribution in [3.63, 3.8) is 0 Å². The standard InChI is InChI=1S/C20H23NO3/c1-14-8-10-16-6-4-5-7-17(16)21(14)20(22)13-15-9-11-18(23-2)19(12-15)24-3/h4-7,9,11-12,14H,8,10,13H2,1-3H3. The Morgan fingerprint density at radius 1 is 1.12 bits per heavy atom. The number of methoxy groups -OCH3 is 2. The molecule has 1 amide bonds. The van der Waals surface area contributed by atoms with Crippen molar-refractivity contribution >= 4 is 11.6 Å². The van der Waals surface area contributed by atoms with Crippen LogP contribution in [0.15, 0.2) is 42.5 Å². The minimum absolute atomic E-state index is 0.113. The summed E-state index contributed by atoms with van der Waals surface area (Å²) in [6.07, 6.45) is 2.37. The molecule has 24 heavy (non-hydrogen) atoms. The lowest BCUT2D eigenvalue weighted by Crippen LogP contribution is -2.42. The van der Waals surface area contributed by atoms with Gasteiger partial charge in [0.25, 0.3) is 0 Å². The molecule has 0 saturated heterocycles. The number of carbonyl (C=O) groups is 1. The van der Waals surface area contributed by atoms with Gasteiger partial charge in [-0.2, -0.15) is 0 Å². The molecule has 1 unspecified atom stereocenters. The lowest BCUT2D eigenvalue weighted by Gasteiger charge is -2.35. The van der Waals surface area contributed by atoms with Crippen LogP contribution >= 0.6 is 0 Å². The third kappa shape index (κ3) is 3.09. The van der Waals surface area contributed by atoms with Gasteiger partial charge in [-0.1, -0.05) is 24.3 Å². The van der Waals surface area contributed by atoms with Gasteiger partial charge in [0.1, 0.15) is 0 Å². The Balaban J connectivity index is 1.85. The van der Waals surface area contributed by atoms with Gasteiger partial charge >= 0.3 is 0 Å².